The number of rotatable bonds is 6. The van der Waals surface area contributed by atoms with Gasteiger partial charge in [0, 0.05) is 16.1 Å². The highest BCUT2D eigenvalue weighted by Gasteiger charge is 2.16. The number of ketones is 1. The number of Topliss-reactive ketones (excluding diaryl/α,β-unsaturated/α-hetero) is 1. The standard InChI is InChI=1S/C21H22ClNO4/c1-12-9-18(15(4)14(3)13(12)2)19(24)11-27-20(25)10-23-21(26)16-5-7-17(22)8-6-16/h5-9H,10-11H2,1-4H3,(H,23,26). The van der Waals surface area contributed by atoms with Crippen LogP contribution in [0.15, 0.2) is 30.3 Å². The normalized spacial score (nSPS) is 10.4. The molecule has 0 aliphatic rings. The van der Waals surface area contributed by atoms with Crippen molar-refractivity contribution in [2.45, 2.75) is 27.7 Å². The Morgan fingerprint density at radius 2 is 1.59 bits per heavy atom. The lowest BCUT2D eigenvalue weighted by molar-refractivity contribution is -0.141. The third-order valence-corrected chi connectivity index (χ3v) is 4.90. The molecule has 142 valence electrons. The molecule has 5 nitrogen and oxygen atoms in total. The number of hydrogen-bond acceptors (Lipinski definition) is 4. The quantitative estimate of drug-likeness (QED) is 0.605. The summed E-state index contributed by atoms with van der Waals surface area (Å²) >= 11 is 5.77. The van der Waals surface area contributed by atoms with Gasteiger partial charge in [-0.2, -0.15) is 0 Å². The lowest BCUT2D eigenvalue weighted by atomic mass is 9.93. The minimum absolute atomic E-state index is 0.268. The van der Waals surface area contributed by atoms with Gasteiger partial charge in [0.15, 0.2) is 6.61 Å². The Morgan fingerprint density at radius 3 is 2.22 bits per heavy atom. The molecule has 0 saturated heterocycles. The molecule has 0 saturated carbocycles. The summed E-state index contributed by atoms with van der Waals surface area (Å²) in [5.41, 5.74) is 5.03. The van der Waals surface area contributed by atoms with Crippen LogP contribution in [0.25, 0.3) is 0 Å². The number of aryl methyl sites for hydroxylation is 1. The molecule has 0 aromatic heterocycles. The van der Waals surface area contributed by atoms with Gasteiger partial charge in [0.1, 0.15) is 6.54 Å². The molecule has 27 heavy (non-hydrogen) atoms. The first-order valence-electron chi connectivity index (χ1n) is 8.50. The second-order valence-corrected chi connectivity index (χ2v) is 6.83. The predicted molar refractivity (Wildman–Crippen MR) is 104 cm³/mol. The fraction of sp³-hybridized carbons (Fsp3) is 0.286. The number of ether oxygens (including phenoxy) is 1. The number of nitrogens with one attached hydrogen (secondary N) is 1. The largest absolute Gasteiger partial charge is 0.456 e. The molecule has 0 aliphatic carbocycles. The molecule has 0 fully saturated rings. The number of carbonyl (C=O) groups is 3. The summed E-state index contributed by atoms with van der Waals surface area (Å²) in [6, 6.07) is 8.09. The summed E-state index contributed by atoms with van der Waals surface area (Å²) in [5, 5.41) is 2.97. The second kappa shape index (κ2) is 8.82. The van der Waals surface area contributed by atoms with Gasteiger partial charge in [0.2, 0.25) is 5.78 Å². The van der Waals surface area contributed by atoms with E-state index in [2.05, 4.69) is 5.32 Å². The lowest BCUT2D eigenvalue weighted by Gasteiger charge is -2.13. The molecule has 1 amide bonds. The van der Waals surface area contributed by atoms with E-state index in [-0.39, 0.29) is 18.9 Å². The molecule has 6 heteroatoms. The number of halogens is 1. The Kier molecular flexibility index (Phi) is 6.75. The Morgan fingerprint density at radius 1 is 0.963 bits per heavy atom. The molecule has 0 unspecified atom stereocenters. The van der Waals surface area contributed by atoms with Crippen molar-refractivity contribution in [3.8, 4) is 0 Å². The van der Waals surface area contributed by atoms with Crippen LogP contribution in [0.5, 0.6) is 0 Å². The molecule has 0 atom stereocenters. The zero-order valence-corrected chi connectivity index (χ0v) is 16.6. The van der Waals surface area contributed by atoms with Gasteiger partial charge in [0.05, 0.1) is 0 Å². The lowest BCUT2D eigenvalue weighted by Crippen LogP contribution is -2.31. The summed E-state index contributed by atoms with van der Waals surface area (Å²) in [7, 11) is 0. The van der Waals surface area contributed by atoms with Crippen LogP contribution in [0, 0.1) is 27.7 Å². The molecule has 1 N–H and O–H groups in total. The van der Waals surface area contributed by atoms with Crippen molar-refractivity contribution in [1.29, 1.82) is 0 Å². The number of amides is 1. The highest BCUT2D eigenvalue weighted by molar-refractivity contribution is 6.30. The van der Waals surface area contributed by atoms with Crippen molar-refractivity contribution < 1.29 is 19.1 Å². The van der Waals surface area contributed by atoms with E-state index < -0.39 is 11.9 Å². The number of hydrogen-bond donors (Lipinski definition) is 1. The number of benzene rings is 2. The van der Waals surface area contributed by atoms with Crippen molar-refractivity contribution in [3.05, 3.63) is 68.7 Å². The Hall–Kier alpha value is -2.66. The zero-order chi connectivity index (χ0) is 20.1. The van der Waals surface area contributed by atoms with E-state index in [9.17, 15) is 14.4 Å². The molecule has 0 spiro atoms. The van der Waals surface area contributed by atoms with Crippen LogP contribution in [-0.2, 0) is 9.53 Å². The van der Waals surface area contributed by atoms with Crippen molar-refractivity contribution >= 4 is 29.3 Å². The van der Waals surface area contributed by atoms with E-state index in [1.54, 1.807) is 24.3 Å². The molecule has 2 rings (SSSR count). The number of carbonyl (C=O) groups excluding carboxylic acids is 3. The molecule has 0 heterocycles. The first-order valence-corrected chi connectivity index (χ1v) is 8.88. The smallest absolute Gasteiger partial charge is 0.325 e. The van der Waals surface area contributed by atoms with Crippen molar-refractivity contribution in [2.24, 2.45) is 0 Å². The van der Waals surface area contributed by atoms with Crippen LogP contribution in [0.4, 0.5) is 0 Å². The van der Waals surface area contributed by atoms with Crippen molar-refractivity contribution in [2.75, 3.05) is 13.2 Å². The summed E-state index contributed by atoms with van der Waals surface area (Å²) in [6.45, 7) is 7.11. The van der Waals surface area contributed by atoms with Gasteiger partial charge >= 0.3 is 5.97 Å². The monoisotopic (exact) mass is 387 g/mol. The third kappa shape index (κ3) is 5.17. The molecule has 0 bridgehead atoms. The summed E-state index contributed by atoms with van der Waals surface area (Å²) in [6.07, 6.45) is 0. The topological polar surface area (TPSA) is 72.5 Å². The minimum Gasteiger partial charge on any atom is -0.456 e. The highest BCUT2D eigenvalue weighted by Crippen LogP contribution is 2.21. The van der Waals surface area contributed by atoms with E-state index in [0.717, 1.165) is 22.3 Å². The summed E-state index contributed by atoms with van der Waals surface area (Å²) < 4.78 is 5.00. The van der Waals surface area contributed by atoms with E-state index in [4.69, 9.17) is 16.3 Å². The van der Waals surface area contributed by atoms with Crippen LogP contribution in [0.1, 0.15) is 43.0 Å². The number of esters is 1. The maximum absolute atomic E-state index is 12.4. The van der Waals surface area contributed by atoms with Crippen LogP contribution >= 0.6 is 11.6 Å². The van der Waals surface area contributed by atoms with Gasteiger partial charge in [-0.3, -0.25) is 14.4 Å². The molecule has 0 radical (unpaired) electrons. The first kappa shape index (κ1) is 20.6. The van der Waals surface area contributed by atoms with Gasteiger partial charge in [-0.15, -0.1) is 0 Å². The Labute approximate surface area is 163 Å². The van der Waals surface area contributed by atoms with E-state index in [1.165, 1.54) is 0 Å². The first-order chi connectivity index (χ1) is 12.7. The van der Waals surface area contributed by atoms with Crippen LogP contribution in [0.3, 0.4) is 0 Å². The zero-order valence-electron chi connectivity index (χ0n) is 15.8. The van der Waals surface area contributed by atoms with Crippen LogP contribution in [-0.4, -0.2) is 30.8 Å². The van der Waals surface area contributed by atoms with Gasteiger partial charge in [-0.05, 0) is 80.3 Å². The van der Waals surface area contributed by atoms with Gasteiger partial charge in [-0.1, -0.05) is 11.6 Å². The van der Waals surface area contributed by atoms with E-state index in [1.807, 2.05) is 33.8 Å². The summed E-state index contributed by atoms with van der Waals surface area (Å²) in [5.74, 6) is -1.37. The average Bonchev–Trinajstić information content (AvgIpc) is 2.65. The molecular weight excluding hydrogens is 366 g/mol. The maximum atomic E-state index is 12.4. The van der Waals surface area contributed by atoms with Crippen molar-refractivity contribution in [3.63, 3.8) is 0 Å². The molecular formula is C21H22ClNO4. The van der Waals surface area contributed by atoms with E-state index >= 15 is 0 Å². The van der Waals surface area contributed by atoms with Gasteiger partial charge in [0.25, 0.3) is 5.91 Å². The predicted octanol–water partition coefficient (Wildman–Crippen LogP) is 3.73. The Bertz CT molecular complexity index is 888. The fourth-order valence-electron chi connectivity index (χ4n) is 2.63. The van der Waals surface area contributed by atoms with Crippen LogP contribution < -0.4 is 5.32 Å². The van der Waals surface area contributed by atoms with Crippen molar-refractivity contribution in [1.82, 2.24) is 5.32 Å². The van der Waals surface area contributed by atoms with Gasteiger partial charge in [-0.25, -0.2) is 0 Å². The minimum atomic E-state index is -0.677. The fourth-order valence-corrected chi connectivity index (χ4v) is 2.76. The molecule has 0 aliphatic heterocycles. The maximum Gasteiger partial charge on any atom is 0.325 e. The Balaban J connectivity index is 1.89. The molecule has 2 aromatic carbocycles. The third-order valence-electron chi connectivity index (χ3n) is 4.65. The second-order valence-electron chi connectivity index (χ2n) is 6.39. The SMILES string of the molecule is Cc1cc(C(=O)COC(=O)CNC(=O)c2ccc(Cl)cc2)c(C)c(C)c1C. The van der Waals surface area contributed by atoms with Gasteiger partial charge < -0.3 is 10.1 Å². The summed E-state index contributed by atoms with van der Waals surface area (Å²) in [4.78, 5) is 36.2. The average molecular weight is 388 g/mol. The highest BCUT2D eigenvalue weighted by atomic mass is 35.5. The van der Waals surface area contributed by atoms with Crippen LogP contribution in [0.2, 0.25) is 5.02 Å². The molecule has 2 aromatic rings. The van der Waals surface area contributed by atoms with E-state index in [0.29, 0.717) is 16.1 Å².